The van der Waals surface area contributed by atoms with Crippen LogP contribution in [0.3, 0.4) is 0 Å². The molecular formula is C14H20N2O2. The largest absolute Gasteiger partial charge is 0.382 e. The second-order valence-electron chi connectivity index (χ2n) is 4.80. The minimum Gasteiger partial charge on any atom is -0.382 e. The Balaban J connectivity index is 1.96. The molecule has 1 atom stereocenters. The van der Waals surface area contributed by atoms with Gasteiger partial charge in [-0.25, -0.2) is 0 Å². The van der Waals surface area contributed by atoms with Gasteiger partial charge in [0.15, 0.2) is 0 Å². The van der Waals surface area contributed by atoms with Crippen molar-refractivity contribution in [3.8, 4) is 0 Å². The first-order valence-corrected chi connectivity index (χ1v) is 6.34. The fraction of sp³-hybridized carbons (Fsp3) is 0.500. The zero-order valence-electron chi connectivity index (χ0n) is 11.0. The molecule has 0 aromatic heterocycles. The van der Waals surface area contributed by atoms with Crippen LogP contribution >= 0.6 is 0 Å². The summed E-state index contributed by atoms with van der Waals surface area (Å²) in [6.45, 7) is 1.67. The van der Waals surface area contributed by atoms with Crippen LogP contribution in [0.1, 0.15) is 23.2 Å². The van der Waals surface area contributed by atoms with Crippen LogP contribution in [0, 0.1) is 0 Å². The van der Waals surface area contributed by atoms with Crippen LogP contribution in [0.15, 0.2) is 24.3 Å². The molecule has 1 aromatic carbocycles. The highest BCUT2D eigenvalue weighted by molar-refractivity contribution is 5.94. The van der Waals surface area contributed by atoms with E-state index in [0.717, 1.165) is 31.7 Å². The average molecular weight is 248 g/mol. The van der Waals surface area contributed by atoms with E-state index in [1.54, 1.807) is 19.0 Å². The number of hydrogen-bond acceptors (Lipinski definition) is 3. The summed E-state index contributed by atoms with van der Waals surface area (Å²) in [6.07, 6.45) is 2.56. The van der Waals surface area contributed by atoms with Crippen LogP contribution in [0.5, 0.6) is 0 Å². The van der Waals surface area contributed by atoms with E-state index in [0.29, 0.717) is 11.7 Å². The first-order chi connectivity index (χ1) is 8.66. The van der Waals surface area contributed by atoms with Gasteiger partial charge in [0.05, 0.1) is 6.10 Å². The molecule has 0 spiro atoms. The van der Waals surface area contributed by atoms with E-state index >= 15 is 0 Å². The predicted molar refractivity (Wildman–Crippen MR) is 71.9 cm³/mol. The van der Waals surface area contributed by atoms with Crippen molar-refractivity contribution in [2.45, 2.75) is 18.9 Å². The van der Waals surface area contributed by atoms with Crippen molar-refractivity contribution < 1.29 is 9.53 Å². The van der Waals surface area contributed by atoms with Crippen LogP contribution in [-0.2, 0) is 4.74 Å². The number of anilines is 1. The molecule has 1 saturated heterocycles. The van der Waals surface area contributed by atoms with Crippen LogP contribution in [0.25, 0.3) is 0 Å². The smallest absolute Gasteiger partial charge is 0.253 e. The maximum atomic E-state index is 11.8. The van der Waals surface area contributed by atoms with Crippen molar-refractivity contribution >= 4 is 11.6 Å². The number of nitrogens with one attached hydrogen (secondary N) is 1. The highest BCUT2D eigenvalue weighted by atomic mass is 16.5. The first-order valence-electron chi connectivity index (χ1n) is 6.34. The summed E-state index contributed by atoms with van der Waals surface area (Å²) in [4.78, 5) is 13.4. The summed E-state index contributed by atoms with van der Waals surface area (Å²) in [5.74, 6) is 0.0239. The van der Waals surface area contributed by atoms with Crippen molar-refractivity contribution in [3.63, 3.8) is 0 Å². The number of amides is 1. The molecule has 0 saturated carbocycles. The fourth-order valence-electron chi connectivity index (χ4n) is 2.06. The Kier molecular flexibility index (Phi) is 4.20. The molecule has 2 rings (SSSR count). The van der Waals surface area contributed by atoms with Crippen LogP contribution < -0.4 is 5.32 Å². The average Bonchev–Trinajstić information content (AvgIpc) is 2.89. The Morgan fingerprint density at radius 1 is 1.50 bits per heavy atom. The lowest BCUT2D eigenvalue weighted by molar-refractivity contribution is 0.0827. The number of carbonyl (C=O) groups excluding carboxylic acids is 1. The minimum atomic E-state index is 0.0239. The summed E-state index contributed by atoms with van der Waals surface area (Å²) in [5, 5.41) is 3.33. The van der Waals surface area contributed by atoms with Gasteiger partial charge in [-0.3, -0.25) is 4.79 Å². The van der Waals surface area contributed by atoms with E-state index in [1.807, 2.05) is 24.3 Å². The van der Waals surface area contributed by atoms with Gasteiger partial charge in [0, 0.05) is 38.5 Å². The molecule has 0 radical (unpaired) electrons. The van der Waals surface area contributed by atoms with Crippen LogP contribution in [0.4, 0.5) is 5.69 Å². The monoisotopic (exact) mass is 248 g/mol. The van der Waals surface area contributed by atoms with Crippen LogP contribution in [-0.4, -0.2) is 44.2 Å². The molecule has 1 N–H and O–H groups in total. The maximum Gasteiger partial charge on any atom is 0.253 e. The van der Waals surface area contributed by atoms with Crippen molar-refractivity contribution in [3.05, 3.63) is 29.8 Å². The van der Waals surface area contributed by atoms with E-state index < -0.39 is 0 Å². The molecule has 4 heteroatoms. The lowest BCUT2D eigenvalue weighted by Gasteiger charge is -2.14. The first kappa shape index (κ1) is 12.9. The van der Waals surface area contributed by atoms with Crippen molar-refractivity contribution in [2.24, 2.45) is 0 Å². The molecule has 1 amide bonds. The number of ether oxygens (including phenoxy) is 1. The van der Waals surface area contributed by atoms with Gasteiger partial charge in [-0.1, -0.05) is 6.07 Å². The van der Waals surface area contributed by atoms with E-state index in [2.05, 4.69) is 5.32 Å². The number of hydrogen-bond donors (Lipinski definition) is 1. The van der Waals surface area contributed by atoms with Gasteiger partial charge in [-0.05, 0) is 31.0 Å². The van der Waals surface area contributed by atoms with Crippen molar-refractivity contribution in [1.82, 2.24) is 4.90 Å². The molecule has 0 bridgehead atoms. The molecule has 98 valence electrons. The Bertz CT molecular complexity index is 412. The summed E-state index contributed by atoms with van der Waals surface area (Å²) in [6, 6.07) is 7.59. The third-order valence-corrected chi connectivity index (χ3v) is 3.07. The molecule has 1 aliphatic rings. The van der Waals surface area contributed by atoms with Gasteiger partial charge in [0.2, 0.25) is 0 Å². The molecular weight excluding hydrogens is 228 g/mol. The van der Waals surface area contributed by atoms with Crippen LogP contribution in [0.2, 0.25) is 0 Å². The normalized spacial score (nSPS) is 18.7. The SMILES string of the molecule is CN(C)C(=O)c1cccc(NCC2CCCO2)c1. The molecule has 1 fully saturated rings. The second-order valence-corrected chi connectivity index (χ2v) is 4.80. The molecule has 1 aliphatic heterocycles. The Labute approximate surface area is 108 Å². The molecule has 1 heterocycles. The Morgan fingerprint density at radius 2 is 2.33 bits per heavy atom. The second kappa shape index (κ2) is 5.87. The van der Waals surface area contributed by atoms with Gasteiger partial charge >= 0.3 is 0 Å². The molecule has 1 aromatic rings. The third-order valence-electron chi connectivity index (χ3n) is 3.07. The number of nitrogens with zero attached hydrogens (tertiary/aromatic N) is 1. The summed E-state index contributed by atoms with van der Waals surface area (Å²) < 4.78 is 5.55. The maximum absolute atomic E-state index is 11.8. The van der Waals surface area contributed by atoms with Gasteiger partial charge < -0.3 is 15.0 Å². The molecule has 0 aliphatic carbocycles. The van der Waals surface area contributed by atoms with Crippen molar-refractivity contribution in [1.29, 1.82) is 0 Å². The minimum absolute atomic E-state index is 0.0239. The third kappa shape index (κ3) is 3.23. The highest BCUT2D eigenvalue weighted by Gasteiger charge is 2.15. The lowest BCUT2D eigenvalue weighted by atomic mass is 10.1. The molecule has 4 nitrogen and oxygen atoms in total. The van der Waals surface area contributed by atoms with Gasteiger partial charge in [-0.15, -0.1) is 0 Å². The number of benzene rings is 1. The number of carbonyl (C=O) groups is 1. The fourth-order valence-corrected chi connectivity index (χ4v) is 2.06. The van der Waals surface area contributed by atoms with E-state index in [4.69, 9.17) is 4.74 Å². The zero-order valence-corrected chi connectivity index (χ0v) is 11.0. The highest BCUT2D eigenvalue weighted by Crippen LogP contribution is 2.15. The van der Waals surface area contributed by atoms with Gasteiger partial charge in [-0.2, -0.15) is 0 Å². The van der Waals surface area contributed by atoms with Gasteiger partial charge in [0.25, 0.3) is 5.91 Å². The summed E-state index contributed by atoms with van der Waals surface area (Å²) >= 11 is 0. The molecule has 18 heavy (non-hydrogen) atoms. The zero-order chi connectivity index (χ0) is 13.0. The predicted octanol–water partition coefficient (Wildman–Crippen LogP) is 1.98. The Hall–Kier alpha value is -1.55. The summed E-state index contributed by atoms with van der Waals surface area (Å²) in [7, 11) is 3.52. The molecule has 1 unspecified atom stereocenters. The van der Waals surface area contributed by atoms with Gasteiger partial charge in [0.1, 0.15) is 0 Å². The quantitative estimate of drug-likeness (QED) is 0.886. The standard InChI is InChI=1S/C14H20N2O2/c1-16(2)14(17)11-5-3-6-12(9-11)15-10-13-7-4-8-18-13/h3,5-6,9,13,15H,4,7-8,10H2,1-2H3. The Morgan fingerprint density at radius 3 is 3.00 bits per heavy atom. The van der Waals surface area contributed by atoms with E-state index in [1.165, 1.54) is 0 Å². The van der Waals surface area contributed by atoms with E-state index in [9.17, 15) is 4.79 Å². The van der Waals surface area contributed by atoms with Crippen molar-refractivity contribution in [2.75, 3.05) is 32.6 Å². The topological polar surface area (TPSA) is 41.6 Å². The lowest BCUT2D eigenvalue weighted by Crippen LogP contribution is -2.22. The van der Waals surface area contributed by atoms with E-state index in [-0.39, 0.29) is 5.91 Å². The number of rotatable bonds is 4. The summed E-state index contributed by atoms with van der Waals surface area (Å²) in [5.41, 5.74) is 1.68.